The van der Waals surface area contributed by atoms with Gasteiger partial charge in [-0.2, -0.15) is 0 Å². The van der Waals surface area contributed by atoms with Gasteiger partial charge in [-0.1, -0.05) is 30.3 Å². The standard InChI is InChI=1S/C11H15O/c1-11(2,12)9-8-10-6-4-3-5-7-10/h3-7H,8-9H2,1-2H3. The van der Waals surface area contributed by atoms with Crippen molar-refractivity contribution in [1.29, 1.82) is 0 Å². The lowest BCUT2D eigenvalue weighted by atomic mass is 9.99. The van der Waals surface area contributed by atoms with Crippen molar-refractivity contribution in [3.8, 4) is 0 Å². The SMILES string of the molecule is CC(C)([O])CCc1ccccc1. The van der Waals surface area contributed by atoms with Crippen molar-refractivity contribution in [3.05, 3.63) is 35.9 Å². The Bertz CT molecular complexity index is 221. The highest BCUT2D eigenvalue weighted by atomic mass is 16.3. The Balaban J connectivity index is 2.44. The monoisotopic (exact) mass is 163 g/mol. The highest BCUT2D eigenvalue weighted by Gasteiger charge is 2.14. The Morgan fingerprint density at radius 3 is 2.25 bits per heavy atom. The maximum Gasteiger partial charge on any atom is 0.0983 e. The van der Waals surface area contributed by atoms with Crippen molar-refractivity contribution in [2.24, 2.45) is 0 Å². The van der Waals surface area contributed by atoms with Crippen molar-refractivity contribution in [2.45, 2.75) is 32.3 Å². The quantitative estimate of drug-likeness (QED) is 0.653. The molecule has 65 valence electrons. The first-order valence-electron chi connectivity index (χ1n) is 4.32. The third kappa shape index (κ3) is 3.54. The van der Waals surface area contributed by atoms with E-state index in [1.54, 1.807) is 13.8 Å². The Morgan fingerprint density at radius 1 is 1.17 bits per heavy atom. The summed E-state index contributed by atoms with van der Waals surface area (Å²) in [5.74, 6) is 0. The fourth-order valence-electron chi connectivity index (χ4n) is 1.09. The molecule has 0 aliphatic heterocycles. The van der Waals surface area contributed by atoms with Crippen LogP contribution in [0.4, 0.5) is 0 Å². The van der Waals surface area contributed by atoms with E-state index in [2.05, 4.69) is 12.1 Å². The van der Waals surface area contributed by atoms with Crippen molar-refractivity contribution < 1.29 is 5.11 Å². The molecule has 1 nitrogen and oxygen atoms in total. The summed E-state index contributed by atoms with van der Waals surface area (Å²) in [5, 5.41) is 11.3. The molecule has 0 aliphatic carbocycles. The van der Waals surface area contributed by atoms with E-state index in [1.165, 1.54) is 5.56 Å². The molecule has 12 heavy (non-hydrogen) atoms. The Kier molecular flexibility index (Phi) is 2.88. The second-order valence-electron chi connectivity index (χ2n) is 3.75. The summed E-state index contributed by atoms with van der Waals surface area (Å²) in [4.78, 5) is 0. The maximum absolute atomic E-state index is 11.3. The number of hydrogen-bond donors (Lipinski definition) is 0. The van der Waals surface area contributed by atoms with Gasteiger partial charge >= 0.3 is 0 Å². The summed E-state index contributed by atoms with van der Waals surface area (Å²) in [6, 6.07) is 10.1. The molecule has 0 unspecified atom stereocenters. The molecule has 0 fully saturated rings. The molecule has 0 heterocycles. The molecule has 1 radical (unpaired) electrons. The van der Waals surface area contributed by atoms with E-state index in [9.17, 15) is 5.11 Å². The zero-order valence-corrected chi connectivity index (χ0v) is 7.71. The fraction of sp³-hybridized carbons (Fsp3) is 0.455. The lowest BCUT2D eigenvalue weighted by molar-refractivity contribution is -0.00276. The Morgan fingerprint density at radius 2 is 1.75 bits per heavy atom. The van der Waals surface area contributed by atoms with Gasteiger partial charge in [-0.15, -0.1) is 0 Å². The van der Waals surface area contributed by atoms with Gasteiger partial charge in [-0.25, -0.2) is 5.11 Å². The van der Waals surface area contributed by atoms with Crippen LogP contribution in [0.1, 0.15) is 25.8 Å². The van der Waals surface area contributed by atoms with Crippen LogP contribution in [0, 0.1) is 0 Å². The maximum atomic E-state index is 11.3. The van der Waals surface area contributed by atoms with E-state index in [1.807, 2.05) is 18.2 Å². The summed E-state index contributed by atoms with van der Waals surface area (Å²) in [6.45, 7) is 3.46. The average molecular weight is 163 g/mol. The van der Waals surface area contributed by atoms with E-state index in [-0.39, 0.29) is 0 Å². The van der Waals surface area contributed by atoms with E-state index in [4.69, 9.17) is 0 Å². The molecule has 0 spiro atoms. The van der Waals surface area contributed by atoms with E-state index in [0.717, 1.165) is 6.42 Å². The fourth-order valence-corrected chi connectivity index (χ4v) is 1.09. The van der Waals surface area contributed by atoms with Crippen LogP contribution < -0.4 is 0 Å². The number of benzene rings is 1. The third-order valence-corrected chi connectivity index (χ3v) is 1.86. The zero-order chi connectivity index (χ0) is 9.03. The minimum absolute atomic E-state index is 0.705. The molecule has 0 saturated heterocycles. The van der Waals surface area contributed by atoms with Crippen LogP contribution in [0.2, 0.25) is 0 Å². The second-order valence-corrected chi connectivity index (χ2v) is 3.75. The van der Waals surface area contributed by atoms with Gasteiger partial charge in [0, 0.05) is 0 Å². The van der Waals surface area contributed by atoms with Crippen LogP contribution in [-0.4, -0.2) is 5.60 Å². The smallest absolute Gasteiger partial charge is 0.0983 e. The average Bonchev–Trinajstić information content (AvgIpc) is 2.02. The van der Waals surface area contributed by atoms with E-state index < -0.39 is 5.60 Å². The molecule has 0 bridgehead atoms. The molecule has 1 rings (SSSR count). The summed E-state index contributed by atoms with van der Waals surface area (Å²) >= 11 is 0. The molecular weight excluding hydrogens is 148 g/mol. The van der Waals surface area contributed by atoms with Gasteiger partial charge < -0.3 is 0 Å². The molecule has 0 aliphatic rings. The predicted octanol–water partition coefficient (Wildman–Crippen LogP) is 2.83. The van der Waals surface area contributed by atoms with Crippen molar-refractivity contribution in [3.63, 3.8) is 0 Å². The minimum atomic E-state index is -0.796. The summed E-state index contributed by atoms with van der Waals surface area (Å²) in [6.07, 6.45) is 1.59. The minimum Gasteiger partial charge on any atom is -0.230 e. The highest BCUT2D eigenvalue weighted by molar-refractivity contribution is 5.14. The topological polar surface area (TPSA) is 19.9 Å². The van der Waals surface area contributed by atoms with Crippen molar-refractivity contribution in [1.82, 2.24) is 0 Å². The molecular formula is C11H15O. The van der Waals surface area contributed by atoms with Crippen LogP contribution in [0.5, 0.6) is 0 Å². The lowest BCUT2D eigenvalue weighted by Gasteiger charge is -2.13. The van der Waals surface area contributed by atoms with Crippen molar-refractivity contribution in [2.75, 3.05) is 0 Å². The van der Waals surface area contributed by atoms with Crippen LogP contribution in [-0.2, 0) is 11.5 Å². The first kappa shape index (κ1) is 9.27. The van der Waals surface area contributed by atoms with Gasteiger partial charge in [-0.3, -0.25) is 0 Å². The molecule has 1 heteroatoms. The van der Waals surface area contributed by atoms with E-state index >= 15 is 0 Å². The molecule has 0 amide bonds. The van der Waals surface area contributed by atoms with Gasteiger partial charge in [0.15, 0.2) is 0 Å². The van der Waals surface area contributed by atoms with Gasteiger partial charge in [0.2, 0.25) is 0 Å². The van der Waals surface area contributed by atoms with E-state index in [0.29, 0.717) is 6.42 Å². The molecule has 0 aromatic heterocycles. The number of hydrogen-bond acceptors (Lipinski definition) is 0. The molecule has 0 atom stereocenters. The second kappa shape index (κ2) is 3.72. The zero-order valence-electron chi connectivity index (χ0n) is 7.71. The largest absolute Gasteiger partial charge is 0.230 e. The first-order valence-corrected chi connectivity index (χ1v) is 4.32. The highest BCUT2D eigenvalue weighted by Crippen LogP contribution is 2.13. The summed E-state index contributed by atoms with van der Waals surface area (Å²) in [7, 11) is 0. The first-order chi connectivity index (χ1) is 5.58. The van der Waals surface area contributed by atoms with Crippen LogP contribution in [0.15, 0.2) is 30.3 Å². The van der Waals surface area contributed by atoms with Crippen LogP contribution in [0.25, 0.3) is 0 Å². The van der Waals surface area contributed by atoms with Crippen LogP contribution >= 0.6 is 0 Å². The summed E-state index contributed by atoms with van der Waals surface area (Å²) < 4.78 is 0. The van der Waals surface area contributed by atoms with Gasteiger partial charge in [0.1, 0.15) is 0 Å². The lowest BCUT2D eigenvalue weighted by Crippen LogP contribution is -2.17. The molecule has 0 N–H and O–H groups in total. The Hall–Kier alpha value is -0.820. The third-order valence-electron chi connectivity index (χ3n) is 1.86. The van der Waals surface area contributed by atoms with Crippen molar-refractivity contribution >= 4 is 0 Å². The normalized spacial score (nSPS) is 11.6. The van der Waals surface area contributed by atoms with Gasteiger partial charge in [0.05, 0.1) is 5.60 Å². The van der Waals surface area contributed by atoms with Gasteiger partial charge in [0.25, 0.3) is 0 Å². The summed E-state index contributed by atoms with van der Waals surface area (Å²) in [5.41, 5.74) is 0.456. The number of rotatable bonds is 3. The molecule has 1 aromatic carbocycles. The van der Waals surface area contributed by atoms with Gasteiger partial charge in [-0.05, 0) is 32.3 Å². The molecule has 0 saturated carbocycles. The van der Waals surface area contributed by atoms with Crippen LogP contribution in [0.3, 0.4) is 0 Å². The molecule has 1 aromatic rings. The predicted molar refractivity (Wildman–Crippen MR) is 49.5 cm³/mol. The Labute approximate surface area is 74.1 Å². The number of aryl methyl sites for hydroxylation is 1.